The Morgan fingerprint density at radius 2 is 1.86 bits per heavy atom. The highest BCUT2D eigenvalue weighted by molar-refractivity contribution is 5.82. The molecule has 0 fully saturated rings. The second-order valence-electron chi connectivity index (χ2n) is 4.89. The first-order valence-corrected chi connectivity index (χ1v) is 6.77. The van der Waals surface area contributed by atoms with Crippen LogP contribution in [0.1, 0.15) is 13.3 Å². The van der Waals surface area contributed by atoms with Gasteiger partial charge >= 0.3 is 5.97 Å². The van der Waals surface area contributed by atoms with Gasteiger partial charge in [0.15, 0.2) is 11.5 Å². The van der Waals surface area contributed by atoms with Crippen LogP contribution in [0.4, 0.5) is 0 Å². The van der Waals surface area contributed by atoms with Gasteiger partial charge in [0.1, 0.15) is 6.10 Å². The van der Waals surface area contributed by atoms with E-state index in [1.165, 1.54) is 12.0 Å². The molecule has 2 unspecified atom stereocenters. The highest BCUT2D eigenvalue weighted by atomic mass is 16.6. The molecule has 1 aromatic carbocycles. The zero-order valence-corrected chi connectivity index (χ0v) is 12.4. The lowest BCUT2D eigenvalue weighted by molar-refractivity contribution is -0.145. The van der Waals surface area contributed by atoms with Gasteiger partial charge in [0.2, 0.25) is 6.10 Å². The number of rotatable bonds is 4. The fourth-order valence-electron chi connectivity index (χ4n) is 2.08. The van der Waals surface area contributed by atoms with Crippen LogP contribution in [0.2, 0.25) is 0 Å². The van der Waals surface area contributed by atoms with Crippen molar-refractivity contribution in [3.05, 3.63) is 24.3 Å². The molecule has 1 aliphatic heterocycles. The van der Waals surface area contributed by atoms with Crippen LogP contribution in [0.15, 0.2) is 24.3 Å². The molecule has 0 N–H and O–H groups in total. The van der Waals surface area contributed by atoms with E-state index in [1.807, 2.05) is 12.1 Å². The van der Waals surface area contributed by atoms with Gasteiger partial charge in [-0.2, -0.15) is 0 Å². The first-order valence-electron chi connectivity index (χ1n) is 6.77. The van der Waals surface area contributed by atoms with E-state index in [0.717, 1.165) is 0 Å². The second kappa shape index (κ2) is 6.47. The van der Waals surface area contributed by atoms with Gasteiger partial charge in [-0.3, -0.25) is 9.59 Å². The Kier molecular flexibility index (Phi) is 4.67. The number of carbonyl (C=O) groups excluding carboxylic acids is 2. The van der Waals surface area contributed by atoms with E-state index >= 15 is 0 Å². The van der Waals surface area contributed by atoms with Crippen molar-refractivity contribution in [3.8, 4) is 11.5 Å². The summed E-state index contributed by atoms with van der Waals surface area (Å²) in [5.74, 6) is 0.608. The van der Waals surface area contributed by atoms with Gasteiger partial charge in [-0.05, 0) is 19.1 Å². The molecule has 0 saturated heterocycles. The highest BCUT2D eigenvalue weighted by Gasteiger charge is 2.35. The number of amides is 1. The summed E-state index contributed by atoms with van der Waals surface area (Å²) in [6.45, 7) is 2.06. The Bertz CT molecular complexity index is 531. The predicted molar refractivity (Wildman–Crippen MR) is 75.2 cm³/mol. The molecule has 0 aromatic heterocycles. The topological polar surface area (TPSA) is 65.1 Å². The van der Waals surface area contributed by atoms with Gasteiger partial charge < -0.3 is 19.1 Å². The maximum atomic E-state index is 12.4. The Morgan fingerprint density at radius 1 is 1.24 bits per heavy atom. The van der Waals surface area contributed by atoms with E-state index in [-0.39, 0.29) is 24.8 Å². The molecule has 1 amide bonds. The van der Waals surface area contributed by atoms with Crippen LogP contribution in [0.25, 0.3) is 0 Å². The lowest BCUT2D eigenvalue weighted by atomic mass is 10.1. The minimum atomic E-state index is -0.720. The third-order valence-corrected chi connectivity index (χ3v) is 3.34. The van der Waals surface area contributed by atoms with Crippen molar-refractivity contribution in [1.29, 1.82) is 0 Å². The standard InChI is InChI=1S/C15H19NO5/c1-10-14(15(18)16(2)9-8-13(17)19-3)21-12-7-5-4-6-11(12)20-10/h4-7,10,14H,8-9H2,1-3H3. The number of esters is 1. The molecule has 0 radical (unpaired) electrons. The third-order valence-electron chi connectivity index (χ3n) is 3.34. The molecule has 0 spiro atoms. The maximum Gasteiger partial charge on any atom is 0.307 e. The molecule has 1 aliphatic rings. The van der Waals surface area contributed by atoms with Crippen LogP contribution in [-0.2, 0) is 14.3 Å². The number of benzene rings is 1. The van der Waals surface area contributed by atoms with E-state index in [4.69, 9.17) is 9.47 Å². The summed E-state index contributed by atoms with van der Waals surface area (Å²) in [6, 6.07) is 7.23. The molecular weight excluding hydrogens is 274 g/mol. The second-order valence-corrected chi connectivity index (χ2v) is 4.89. The normalized spacial score (nSPS) is 19.8. The van der Waals surface area contributed by atoms with Crippen molar-refractivity contribution in [1.82, 2.24) is 4.90 Å². The molecule has 0 saturated carbocycles. The number of methoxy groups -OCH3 is 1. The summed E-state index contributed by atoms with van der Waals surface area (Å²) >= 11 is 0. The van der Waals surface area contributed by atoms with Crippen LogP contribution in [-0.4, -0.2) is 49.7 Å². The summed E-state index contributed by atoms with van der Waals surface area (Å²) in [4.78, 5) is 25.0. The summed E-state index contributed by atoms with van der Waals surface area (Å²) in [7, 11) is 2.95. The maximum absolute atomic E-state index is 12.4. The van der Waals surface area contributed by atoms with E-state index in [2.05, 4.69) is 4.74 Å². The van der Waals surface area contributed by atoms with Gasteiger partial charge in [0.05, 0.1) is 13.5 Å². The minimum absolute atomic E-state index is 0.150. The van der Waals surface area contributed by atoms with E-state index in [1.54, 1.807) is 26.1 Å². The first kappa shape index (κ1) is 15.2. The van der Waals surface area contributed by atoms with Crippen molar-refractivity contribution in [2.24, 2.45) is 0 Å². The average Bonchev–Trinajstić information content (AvgIpc) is 2.50. The van der Waals surface area contributed by atoms with Gasteiger partial charge in [-0.1, -0.05) is 12.1 Å². The zero-order valence-electron chi connectivity index (χ0n) is 12.4. The number of hydrogen-bond acceptors (Lipinski definition) is 5. The van der Waals surface area contributed by atoms with Gasteiger partial charge in [-0.15, -0.1) is 0 Å². The fourth-order valence-corrected chi connectivity index (χ4v) is 2.08. The van der Waals surface area contributed by atoms with Crippen LogP contribution in [0, 0.1) is 0 Å². The first-order chi connectivity index (χ1) is 10.0. The van der Waals surface area contributed by atoms with Crippen molar-refractivity contribution < 1.29 is 23.8 Å². The van der Waals surface area contributed by atoms with Gasteiger partial charge in [0.25, 0.3) is 5.91 Å². The molecule has 0 bridgehead atoms. The molecule has 6 nitrogen and oxygen atoms in total. The Hall–Kier alpha value is -2.24. The number of para-hydroxylation sites is 2. The summed E-state index contributed by atoms with van der Waals surface area (Å²) in [5.41, 5.74) is 0. The number of hydrogen-bond donors (Lipinski definition) is 0. The van der Waals surface area contributed by atoms with E-state index in [9.17, 15) is 9.59 Å². The van der Waals surface area contributed by atoms with Crippen molar-refractivity contribution in [3.63, 3.8) is 0 Å². The molecule has 2 rings (SSSR count). The molecule has 6 heteroatoms. The van der Waals surface area contributed by atoms with E-state index in [0.29, 0.717) is 11.5 Å². The quantitative estimate of drug-likeness (QED) is 0.781. The minimum Gasteiger partial charge on any atom is -0.482 e. The summed E-state index contributed by atoms with van der Waals surface area (Å²) < 4.78 is 16.0. The Morgan fingerprint density at radius 3 is 2.48 bits per heavy atom. The lowest BCUT2D eigenvalue weighted by Gasteiger charge is -2.33. The lowest BCUT2D eigenvalue weighted by Crippen LogP contribution is -2.49. The van der Waals surface area contributed by atoms with Crippen LogP contribution in [0.3, 0.4) is 0 Å². The number of carbonyl (C=O) groups is 2. The SMILES string of the molecule is COC(=O)CCN(C)C(=O)C1Oc2ccccc2OC1C. The monoisotopic (exact) mass is 293 g/mol. The number of nitrogens with zero attached hydrogens (tertiary/aromatic N) is 1. The van der Waals surface area contributed by atoms with Crippen molar-refractivity contribution in [2.75, 3.05) is 20.7 Å². The number of ether oxygens (including phenoxy) is 3. The van der Waals surface area contributed by atoms with Crippen LogP contribution >= 0.6 is 0 Å². The third kappa shape index (κ3) is 3.45. The van der Waals surface area contributed by atoms with Gasteiger partial charge in [0, 0.05) is 13.6 Å². The fraction of sp³-hybridized carbons (Fsp3) is 0.467. The Labute approximate surface area is 123 Å². The molecule has 114 valence electrons. The van der Waals surface area contributed by atoms with Gasteiger partial charge in [-0.25, -0.2) is 0 Å². The van der Waals surface area contributed by atoms with Crippen LogP contribution < -0.4 is 9.47 Å². The highest BCUT2D eigenvalue weighted by Crippen LogP contribution is 2.33. The average molecular weight is 293 g/mol. The molecule has 2 atom stereocenters. The number of likely N-dealkylation sites (N-methyl/N-ethyl adjacent to an activating group) is 1. The van der Waals surface area contributed by atoms with E-state index < -0.39 is 12.2 Å². The summed E-state index contributed by atoms with van der Waals surface area (Å²) in [5, 5.41) is 0. The van der Waals surface area contributed by atoms with Crippen molar-refractivity contribution in [2.45, 2.75) is 25.6 Å². The Balaban J connectivity index is 2.01. The molecular formula is C15H19NO5. The predicted octanol–water partition coefficient (Wildman–Crippen LogP) is 1.24. The smallest absolute Gasteiger partial charge is 0.307 e. The molecule has 1 aromatic rings. The molecule has 21 heavy (non-hydrogen) atoms. The largest absolute Gasteiger partial charge is 0.482 e. The van der Waals surface area contributed by atoms with Crippen molar-refractivity contribution >= 4 is 11.9 Å². The number of fused-ring (bicyclic) bond motifs is 1. The summed E-state index contributed by atoms with van der Waals surface area (Å²) in [6.07, 6.45) is -0.965. The van der Waals surface area contributed by atoms with Crippen LogP contribution in [0.5, 0.6) is 11.5 Å². The molecule has 1 heterocycles. The zero-order chi connectivity index (χ0) is 15.4. The molecule has 0 aliphatic carbocycles.